The van der Waals surface area contributed by atoms with E-state index in [0.29, 0.717) is 17.7 Å². The number of phenolic OH excluding ortho intramolecular Hbond substituents is 1. The maximum Gasteiger partial charge on any atom is 0.256 e. The lowest BCUT2D eigenvalue weighted by Gasteiger charge is -2.08. The Morgan fingerprint density at radius 3 is 2.57 bits per heavy atom. The zero-order chi connectivity index (χ0) is 21.4. The van der Waals surface area contributed by atoms with Gasteiger partial charge >= 0.3 is 0 Å². The van der Waals surface area contributed by atoms with Gasteiger partial charge in [0.2, 0.25) is 0 Å². The number of carbonyl (C=O) groups excluding carboxylic acids is 1. The van der Waals surface area contributed by atoms with Gasteiger partial charge in [0.05, 0.1) is 12.7 Å². The summed E-state index contributed by atoms with van der Waals surface area (Å²) in [4.78, 5) is 16.0. The monoisotopic (exact) mass is 404 g/mol. The highest BCUT2D eigenvalue weighted by molar-refractivity contribution is 6.35. The van der Waals surface area contributed by atoms with Crippen LogP contribution in [0, 0.1) is 13.8 Å². The first-order valence-corrected chi connectivity index (χ1v) is 9.76. The lowest BCUT2D eigenvalue weighted by atomic mass is 9.99. The van der Waals surface area contributed by atoms with E-state index in [1.165, 1.54) is 7.11 Å². The van der Waals surface area contributed by atoms with E-state index in [9.17, 15) is 15.0 Å². The average molecular weight is 404 g/mol. The Morgan fingerprint density at radius 2 is 1.83 bits per heavy atom. The summed E-state index contributed by atoms with van der Waals surface area (Å²) in [7, 11) is 1.51. The van der Waals surface area contributed by atoms with Gasteiger partial charge in [0.15, 0.2) is 11.5 Å². The van der Waals surface area contributed by atoms with E-state index in [0.717, 1.165) is 44.9 Å². The molecule has 1 amide bonds. The van der Waals surface area contributed by atoms with Crippen LogP contribution in [0.25, 0.3) is 22.8 Å². The molecule has 4 rings (SSSR count). The first-order valence-electron chi connectivity index (χ1n) is 9.76. The van der Waals surface area contributed by atoms with Crippen LogP contribution in [-0.2, 0) is 11.2 Å². The molecule has 0 spiro atoms. The number of nitrogens with one attached hydrogen (secondary N) is 2. The molecule has 0 fully saturated rings. The number of fused-ring (bicyclic) bond motifs is 1. The Labute approximate surface area is 174 Å². The number of benzene rings is 2. The Morgan fingerprint density at radius 1 is 1.10 bits per heavy atom. The Hall–Kier alpha value is -3.51. The molecule has 0 atom stereocenters. The van der Waals surface area contributed by atoms with Gasteiger partial charge in [0, 0.05) is 29.2 Å². The molecule has 0 saturated heterocycles. The fraction of sp³-hybridized carbons (Fsp3) is 0.208. The van der Waals surface area contributed by atoms with Gasteiger partial charge < -0.3 is 25.3 Å². The molecule has 1 aliphatic rings. The number of methoxy groups -OCH3 is 1. The van der Waals surface area contributed by atoms with E-state index < -0.39 is 0 Å². The number of anilines is 1. The molecule has 0 aliphatic carbocycles. The zero-order valence-electron chi connectivity index (χ0n) is 17.2. The van der Waals surface area contributed by atoms with E-state index in [1.807, 2.05) is 38.1 Å². The molecule has 3 aromatic rings. The highest BCUT2D eigenvalue weighted by Crippen LogP contribution is 2.38. The van der Waals surface area contributed by atoms with E-state index in [1.54, 1.807) is 18.2 Å². The predicted octanol–water partition coefficient (Wildman–Crippen LogP) is 4.04. The summed E-state index contributed by atoms with van der Waals surface area (Å²) in [5, 5.41) is 22.0. The van der Waals surface area contributed by atoms with E-state index in [2.05, 4.69) is 10.3 Å². The van der Waals surface area contributed by atoms with Crippen LogP contribution < -0.4 is 10.1 Å². The van der Waals surface area contributed by atoms with E-state index in [4.69, 9.17) is 4.74 Å². The zero-order valence-corrected chi connectivity index (χ0v) is 17.2. The number of hydrogen-bond acceptors (Lipinski definition) is 4. The number of aromatic amines is 1. The Balaban J connectivity index is 1.73. The first kappa shape index (κ1) is 19.8. The van der Waals surface area contributed by atoms with Crippen molar-refractivity contribution in [2.45, 2.75) is 20.3 Å². The van der Waals surface area contributed by atoms with Gasteiger partial charge in [-0.25, -0.2) is 0 Å². The second-order valence-corrected chi connectivity index (χ2v) is 7.40. The molecule has 1 aliphatic heterocycles. The molecule has 1 aromatic heterocycles. The molecule has 0 saturated carbocycles. The Kier molecular flexibility index (Phi) is 5.10. The van der Waals surface area contributed by atoms with Crippen molar-refractivity contribution >= 4 is 23.2 Å². The lowest BCUT2D eigenvalue weighted by molar-refractivity contribution is -0.110. The number of phenols is 1. The minimum Gasteiger partial charge on any atom is -0.504 e. The molecule has 2 heterocycles. The number of amides is 1. The maximum atomic E-state index is 12.7. The number of aromatic hydroxyl groups is 1. The quantitative estimate of drug-likeness (QED) is 0.483. The third kappa shape index (κ3) is 3.35. The van der Waals surface area contributed by atoms with Gasteiger partial charge in [-0.2, -0.15) is 0 Å². The van der Waals surface area contributed by atoms with Crippen molar-refractivity contribution in [2.24, 2.45) is 0 Å². The fourth-order valence-corrected chi connectivity index (χ4v) is 3.97. The Bertz CT molecular complexity index is 1170. The largest absolute Gasteiger partial charge is 0.504 e. The van der Waals surface area contributed by atoms with Gasteiger partial charge in [0.25, 0.3) is 5.91 Å². The molecule has 4 N–H and O–H groups in total. The molecule has 0 radical (unpaired) electrons. The highest BCUT2D eigenvalue weighted by atomic mass is 16.5. The van der Waals surface area contributed by atoms with Crippen molar-refractivity contribution in [3.8, 4) is 22.6 Å². The third-order valence-corrected chi connectivity index (χ3v) is 5.60. The molecular weight excluding hydrogens is 380 g/mol. The summed E-state index contributed by atoms with van der Waals surface area (Å²) in [6.07, 6.45) is 2.45. The lowest BCUT2D eigenvalue weighted by Crippen LogP contribution is -2.03. The van der Waals surface area contributed by atoms with Crippen LogP contribution in [0.2, 0.25) is 0 Å². The standard InChI is InChI=1S/C24H24N2O4/c1-13-17(8-9-27)14(2)25-20(13)12-19-18-6-4-15(10-21(18)26-24(19)29)16-5-7-22(28)23(11-16)30-3/h4-7,10-12,25,27-28H,8-9H2,1-3H3,(H,26,29). The number of carbonyl (C=O) groups is 1. The van der Waals surface area contributed by atoms with Gasteiger partial charge in [-0.05, 0) is 66.8 Å². The maximum absolute atomic E-state index is 12.7. The molecule has 2 aromatic carbocycles. The smallest absolute Gasteiger partial charge is 0.256 e. The summed E-state index contributed by atoms with van der Waals surface area (Å²) in [6, 6.07) is 10.9. The van der Waals surface area contributed by atoms with Crippen molar-refractivity contribution in [1.82, 2.24) is 4.98 Å². The van der Waals surface area contributed by atoms with Gasteiger partial charge in [-0.3, -0.25) is 4.79 Å². The number of rotatable bonds is 5. The normalized spacial score (nSPS) is 14.1. The van der Waals surface area contributed by atoms with E-state index >= 15 is 0 Å². The van der Waals surface area contributed by atoms with Crippen LogP contribution in [0.4, 0.5) is 5.69 Å². The summed E-state index contributed by atoms with van der Waals surface area (Å²) >= 11 is 0. The first-order chi connectivity index (χ1) is 14.4. The number of aromatic nitrogens is 1. The van der Waals surface area contributed by atoms with Crippen LogP contribution in [0.15, 0.2) is 36.4 Å². The number of aliphatic hydroxyl groups excluding tert-OH is 1. The van der Waals surface area contributed by atoms with Crippen molar-refractivity contribution < 1.29 is 19.7 Å². The number of aryl methyl sites for hydroxylation is 1. The summed E-state index contributed by atoms with van der Waals surface area (Å²) in [6.45, 7) is 4.06. The third-order valence-electron chi connectivity index (χ3n) is 5.60. The number of aliphatic hydroxyl groups is 1. The summed E-state index contributed by atoms with van der Waals surface area (Å²) < 4.78 is 5.19. The molecular formula is C24H24N2O4. The van der Waals surface area contributed by atoms with Gasteiger partial charge in [0.1, 0.15) is 0 Å². The highest BCUT2D eigenvalue weighted by Gasteiger charge is 2.25. The van der Waals surface area contributed by atoms with Crippen LogP contribution in [0.5, 0.6) is 11.5 Å². The van der Waals surface area contributed by atoms with Crippen LogP contribution in [0.1, 0.15) is 28.1 Å². The van der Waals surface area contributed by atoms with Crippen molar-refractivity contribution in [3.05, 3.63) is 64.5 Å². The second kappa shape index (κ2) is 7.72. The van der Waals surface area contributed by atoms with Crippen LogP contribution in [-0.4, -0.2) is 34.8 Å². The molecule has 0 bridgehead atoms. The van der Waals surface area contributed by atoms with Crippen molar-refractivity contribution in [1.29, 1.82) is 0 Å². The molecule has 6 heteroatoms. The summed E-state index contributed by atoms with van der Waals surface area (Å²) in [5.41, 5.74) is 7.97. The number of ether oxygens (including phenoxy) is 1. The SMILES string of the molecule is COc1cc(-c2ccc3c(c2)NC(=O)C3=Cc2[nH]c(C)c(CCO)c2C)ccc1O. The number of H-pyrrole nitrogens is 1. The minimum atomic E-state index is -0.152. The minimum absolute atomic E-state index is 0.0816. The topological polar surface area (TPSA) is 94.6 Å². The predicted molar refractivity (Wildman–Crippen MR) is 118 cm³/mol. The molecule has 154 valence electrons. The molecule has 0 unspecified atom stereocenters. The van der Waals surface area contributed by atoms with Crippen LogP contribution in [0.3, 0.4) is 0 Å². The fourth-order valence-electron chi connectivity index (χ4n) is 3.97. The van der Waals surface area contributed by atoms with Gasteiger partial charge in [-0.15, -0.1) is 0 Å². The second-order valence-electron chi connectivity index (χ2n) is 7.40. The van der Waals surface area contributed by atoms with Crippen molar-refractivity contribution in [2.75, 3.05) is 19.0 Å². The molecule has 30 heavy (non-hydrogen) atoms. The summed E-state index contributed by atoms with van der Waals surface area (Å²) in [5.74, 6) is 0.327. The van der Waals surface area contributed by atoms with E-state index in [-0.39, 0.29) is 18.3 Å². The average Bonchev–Trinajstić information content (AvgIpc) is 3.18. The van der Waals surface area contributed by atoms with Crippen molar-refractivity contribution in [3.63, 3.8) is 0 Å². The van der Waals surface area contributed by atoms with Crippen LogP contribution >= 0.6 is 0 Å². The van der Waals surface area contributed by atoms with Gasteiger partial charge in [-0.1, -0.05) is 18.2 Å². The molecule has 6 nitrogen and oxygen atoms in total. The number of hydrogen-bond donors (Lipinski definition) is 4.